The fourth-order valence-corrected chi connectivity index (χ4v) is 9.02. The Bertz CT molecular complexity index is 1530. The Labute approximate surface area is 232 Å². The van der Waals surface area contributed by atoms with Crippen LogP contribution in [0.5, 0.6) is 5.88 Å². The molecule has 0 aromatic carbocycles. The van der Waals surface area contributed by atoms with E-state index in [1.54, 1.807) is 11.6 Å². The number of hydrogen-bond donors (Lipinski definition) is 1. The molecule has 0 bridgehead atoms. The number of ketones is 1. The molecule has 6 rings (SSSR count). The molecule has 0 spiro atoms. The third-order valence-corrected chi connectivity index (χ3v) is 11.1. The molecule has 3 heterocycles. The van der Waals surface area contributed by atoms with Crippen LogP contribution in [0.4, 0.5) is 24.9 Å². The number of nitrogens with zero attached hydrogens (tertiary/aromatic N) is 5. The van der Waals surface area contributed by atoms with Gasteiger partial charge in [0.1, 0.15) is 24.1 Å². The number of aromatic nitrogens is 5. The summed E-state index contributed by atoms with van der Waals surface area (Å²) in [6.45, 7) is -3.01. The van der Waals surface area contributed by atoms with Crippen LogP contribution in [-0.4, -0.2) is 57.3 Å². The van der Waals surface area contributed by atoms with Crippen molar-refractivity contribution < 1.29 is 31.1 Å². The number of fused-ring (bicyclic) bond motifs is 1. The molecule has 2 fully saturated rings. The lowest BCUT2D eigenvalue weighted by molar-refractivity contribution is -0.119. The molecule has 3 atom stereocenters. The number of anilines is 2. The maximum atomic E-state index is 13.7. The van der Waals surface area contributed by atoms with E-state index in [1.807, 2.05) is 0 Å². The molecule has 15 heteroatoms. The Morgan fingerprint density at radius 2 is 2.08 bits per heavy atom. The molecule has 2 saturated carbocycles. The van der Waals surface area contributed by atoms with E-state index in [9.17, 15) is 26.4 Å². The number of carbonyl (C=O) groups excluding carboxylic acids is 1. The van der Waals surface area contributed by atoms with Gasteiger partial charge in [0.15, 0.2) is 9.84 Å². The SMILES string of the molecule is Cn1nc(OC(F)F)cc1Nc1nncn1[C@H]1CCc2sc(CC(=O)[C@H]3C[C@@H]3F)c(S(=O)(=O)CCC3CC3)c2C1. The van der Waals surface area contributed by atoms with Gasteiger partial charge < -0.3 is 10.1 Å². The molecule has 3 aliphatic rings. The van der Waals surface area contributed by atoms with E-state index >= 15 is 0 Å². The lowest BCUT2D eigenvalue weighted by Gasteiger charge is -2.25. The Morgan fingerprint density at radius 3 is 2.77 bits per heavy atom. The molecule has 0 saturated heterocycles. The van der Waals surface area contributed by atoms with E-state index in [0.29, 0.717) is 48.2 Å². The normalized spacial score (nSPS) is 22.4. The predicted molar refractivity (Wildman–Crippen MR) is 140 cm³/mol. The molecular formula is C25H29F3N6O4S2. The molecule has 0 radical (unpaired) electrons. The van der Waals surface area contributed by atoms with Crippen molar-refractivity contribution in [2.24, 2.45) is 18.9 Å². The van der Waals surface area contributed by atoms with Crippen molar-refractivity contribution in [3.63, 3.8) is 0 Å². The molecule has 216 valence electrons. The van der Waals surface area contributed by atoms with Crippen LogP contribution in [-0.2, 0) is 40.9 Å². The number of Topliss-reactive ketones (excluding diaryl/α,β-unsaturated/α-hetero) is 1. The molecule has 3 aromatic heterocycles. The zero-order chi connectivity index (χ0) is 28.2. The largest absolute Gasteiger partial charge is 0.415 e. The van der Waals surface area contributed by atoms with Crippen molar-refractivity contribution in [1.82, 2.24) is 24.5 Å². The fourth-order valence-electron chi connectivity index (χ4n) is 5.35. The first-order chi connectivity index (χ1) is 19.1. The van der Waals surface area contributed by atoms with Crippen molar-refractivity contribution in [3.05, 3.63) is 27.7 Å². The van der Waals surface area contributed by atoms with Crippen molar-refractivity contribution >= 4 is 38.7 Å². The number of alkyl halides is 3. The molecule has 1 N–H and O–H groups in total. The van der Waals surface area contributed by atoms with E-state index in [1.165, 1.54) is 28.4 Å². The Balaban J connectivity index is 1.27. The summed E-state index contributed by atoms with van der Waals surface area (Å²) in [7, 11) is -2.09. The second-order valence-electron chi connectivity index (χ2n) is 10.8. The van der Waals surface area contributed by atoms with E-state index in [2.05, 4.69) is 25.3 Å². The van der Waals surface area contributed by atoms with Gasteiger partial charge in [0.2, 0.25) is 11.8 Å². The van der Waals surface area contributed by atoms with Gasteiger partial charge in [0, 0.05) is 35.3 Å². The van der Waals surface area contributed by atoms with Crippen molar-refractivity contribution in [2.75, 3.05) is 11.1 Å². The minimum atomic E-state index is -3.65. The second kappa shape index (κ2) is 10.5. The molecule has 3 aliphatic carbocycles. The zero-order valence-corrected chi connectivity index (χ0v) is 23.4. The third kappa shape index (κ3) is 5.62. The first-order valence-electron chi connectivity index (χ1n) is 13.3. The van der Waals surface area contributed by atoms with Gasteiger partial charge in [-0.25, -0.2) is 17.5 Å². The summed E-state index contributed by atoms with van der Waals surface area (Å²) < 4.78 is 73.7. The Hall–Kier alpha value is -2.94. The first-order valence-corrected chi connectivity index (χ1v) is 15.7. The minimum Gasteiger partial charge on any atom is -0.415 e. The lowest BCUT2D eigenvalue weighted by atomic mass is 9.93. The minimum absolute atomic E-state index is 0.0325. The maximum Gasteiger partial charge on any atom is 0.388 e. The number of aryl methyl sites for hydroxylation is 2. The molecule has 0 unspecified atom stereocenters. The number of hydrogen-bond acceptors (Lipinski definition) is 9. The van der Waals surface area contributed by atoms with Gasteiger partial charge in [-0.05, 0) is 43.6 Å². The highest BCUT2D eigenvalue weighted by atomic mass is 32.2. The molecule has 3 aromatic rings. The number of carbonyl (C=O) groups is 1. The van der Waals surface area contributed by atoms with E-state index in [-0.39, 0.29) is 41.2 Å². The molecule has 0 aliphatic heterocycles. The summed E-state index contributed by atoms with van der Waals surface area (Å²) in [6.07, 6.45) is 4.92. The van der Waals surface area contributed by atoms with Gasteiger partial charge >= 0.3 is 6.61 Å². The summed E-state index contributed by atoms with van der Waals surface area (Å²) in [6, 6.07) is 1.13. The number of thiophene rings is 1. The van der Waals surface area contributed by atoms with Gasteiger partial charge in [0.25, 0.3) is 0 Å². The number of nitrogens with one attached hydrogen (secondary N) is 1. The zero-order valence-electron chi connectivity index (χ0n) is 21.7. The van der Waals surface area contributed by atoms with Gasteiger partial charge in [0.05, 0.1) is 16.6 Å². The molecule has 40 heavy (non-hydrogen) atoms. The number of sulfone groups is 1. The quantitative estimate of drug-likeness (QED) is 0.330. The van der Waals surface area contributed by atoms with E-state index in [0.717, 1.165) is 23.3 Å². The van der Waals surface area contributed by atoms with Gasteiger partial charge in [-0.1, -0.05) is 12.8 Å². The van der Waals surface area contributed by atoms with Crippen LogP contribution in [0.3, 0.4) is 0 Å². The predicted octanol–water partition coefficient (Wildman–Crippen LogP) is 4.19. The highest BCUT2D eigenvalue weighted by Crippen LogP contribution is 2.44. The average Bonchev–Trinajstić information content (AvgIpc) is 3.73. The van der Waals surface area contributed by atoms with Crippen LogP contribution in [0.1, 0.15) is 53.5 Å². The maximum absolute atomic E-state index is 13.7. The van der Waals surface area contributed by atoms with Crippen LogP contribution in [0.2, 0.25) is 0 Å². The smallest absolute Gasteiger partial charge is 0.388 e. The van der Waals surface area contributed by atoms with Crippen molar-refractivity contribution in [1.29, 1.82) is 0 Å². The number of rotatable bonds is 12. The summed E-state index contributed by atoms with van der Waals surface area (Å²) in [5.41, 5.74) is 0.722. The summed E-state index contributed by atoms with van der Waals surface area (Å²) in [4.78, 5) is 14.4. The summed E-state index contributed by atoms with van der Waals surface area (Å²) >= 11 is 1.36. The average molecular weight is 599 g/mol. The summed E-state index contributed by atoms with van der Waals surface area (Å²) in [5.74, 6) is 0.0465. The van der Waals surface area contributed by atoms with Crippen LogP contribution in [0.15, 0.2) is 17.3 Å². The number of ether oxygens (including phenoxy) is 1. The monoisotopic (exact) mass is 598 g/mol. The third-order valence-electron chi connectivity index (χ3n) is 7.79. The fraction of sp³-hybridized carbons (Fsp3) is 0.600. The van der Waals surface area contributed by atoms with E-state index in [4.69, 9.17) is 0 Å². The highest BCUT2D eigenvalue weighted by Gasteiger charge is 2.44. The van der Waals surface area contributed by atoms with Crippen molar-refractivity contribution in [3.8, 4) is 5.88 Å². The first kappa shape index (κ1) is 27.2. The van der Waals surface area contributed by atoms with Crippen LogP contribution in [0.25, 0.3) is 0 Å². The molecule has 0 amide bonds. The number of halogens is 3. The summed E-state index contributed by atoms with van der Waals surface area (Å²) in [5, 5.41) is 15.1. The standard InChI is InChI=1S/C25H29F3N6O4S2/c1-33-21(11-22(32-33)38-24(27)28)30-25-31-29-12-34(25)14-4-5-19-16(8-14)23(40(36,37)7-6-13-2-3-13)20(39-19)10-18(35)15-9-17(15)26/h11-15,17,24H,2-10H2,1H3,(H,30,31)/t14-,15-,17-/m0/s1. The molecule has 10 nitrogen and oxygen atoms in total. The van der Waals surface area contributed by atoms with Crippen LogP contribution in [0, 0.1) is 11.8 Å². The molecular weight excluding hydrogens is 569 g/mol. The topological polar surface area (TPSA) is 121 Å². The Morgan fingerprint density at radius 1 is 1.30 bits per heavy atom. The Kier molecular flexibility index (Phi) is 7.13. The van der Waals surface area contributed by atoms with Crippen molar-refractivity contribution in [2.45, 2.75) is 75.1 Å². The van der Waals surface area contributed by atoms with Crippen LogP contribution < -0.4 is 10.1 Å². The van der Waals surface area contributed by atoms with Gasteiger partial charge in [-0.15, -0.1) is 26.6 Å². The highest BCUT2D eigenvalue weighted by molar-refractivity contribution is 7.91. The van der Waals surface area contributed by atoms with Crippen LogP contribution >= 0.6 is 11.3 Å². The van der Waals surface area contributed by atoms with E-state index < -0.39 is 28.5 Å². The van der Waals surface area contributed by atoms with Gasteiger partial charge in [-0.2, -0.15) is 8.78 Å². The lowest BCUT2D eigenvalue weighted by Crippen LogP contribution is -2.21. The van der Waals surface area contributed by atoms with Gasteiger partial charge in [-0.3, -0.25) is 9.36 Å². The second-order valence-corrected chi connectivity index (χ2v) is 14.0.